The highest BCUT2D eigenvalue weighted by molar-refractivity contribution is 7.79. The van der Waals surface area contributed by atoms with E-state index in [4.69, 9.17) is 0 Å². The number of rotatable bonds is 8. The van der Waals surface area contributed by atoms with Crippen LogP contribution in [0.25, 0.3) is 0 Å². The summed E-state index contributed by atoms with van der Waals surface area (Å²) in [5.41, 5.74) is 2.55. The molecule has 4 heteroatoms. The van der Waals surface area contributed by atoms with Crippen molar-refractivity contribution in [3.63, 3.8) is 0 Å². The Morgan fingerprint density at radius 3 is 2.29 bits per heavy atom. The summed E-state index contributed by atoms with van der Waals surface area (Å²) in [4.78, 5) is 11.8. The number of carbonyl (C=O) groups is 1. The molecule has 0 aliphatic heterocycles. The fraction of sp³-hybridized carbons (Fsp3) is 0.588. The average molecular weight is 308 g/mol. The van der Waals surface area contributed by atoms with Crippen LogP contribution in [0.15, 0.2) is 24.3 Å². The van der Waals surface area contributed by atoms with Crippen LogP contribution in [0.2, 0.25) is 0 Å². The first-order valence-corrected chi connectivity index (χ1v) is 8.24. The Morgan fingerprint density at radius 2 is 1.71 bits per heavy atom. The minimum atomic E-state index is 0.129. The highest BCUT2D eigenvalue weighted by Crippen LogP contribution is 2.08. The average Bonchev–Trinajstić information content (AvgIpc) is 2.44. The van der Waals surface area contributed by atoms with E-state index in [9.17, 15) is 4.79 Å². The third-order valence-electron chi connectivity index (χ3n) is 3.18. The van der Waals surface area contributed by atoms with E-state index in [2.05, 4.69) is 68.3 Å². The van der Waals surface area contributed by atoms with E-state index in [-0.39, 0.29) is 11.4 Å². The second-order valence-corrected chi connectivity index (χ2v) is 6.67. The number of aryl methyl sites for hydroxylation is 1. The molecule has 118 valence electrons. The zero-order chi connectivity index (χ0) is 15.7. The van der Waals surface area contributed by atoms with Crippen LogP contribution >= 0.6 is 12.6 Å². The van der Waals surface area contributed by atoms with Crippen LogP contribution in [0.5, 0.6) is 0 Å². The molecule has 3 nitrogen and oxygen atoms in total. The molecule has 0 spiro atoms. The van der Waals surface area contributed by atoms with Crippen molar-refractivity contribution in [2.75, 3.05) is 13.1 Å². The van der Waals surface area contributed by atoms with Gasteiger partial charge in [-0.2, -0.15) is 12.6 Å². The maximum Gasteiger partial charge on any atom is 0.220 e. The molecule has 0 aliphatic carbocycles. The monoisotopic (exact) mass is 308 g/mol. The quantitative estimate of drug-likeness (QED) is 0.510. The molecule has 2 N–H and O–H groups in total. The van der Waals surface area contributed by atoms with Crippen molar-refractivity contribution in [1.82, 2.24) is 10.6 Å². The summed E-state index contributed by atoms with van der Waals surface area (Å²) >= 11 is 4.23. The minimum absolute atomic E-state index is 0.129. The van der Waals surface area contributed by atoms with Gasteiger partial charge in [-0.15, -0.1) is 0 Å². The fourth-order valence-electron chi connectivity index (χ4n) is 1.94. The van der Waals surface area contributed by atoms with Crippen LogP contribution < -0.4 is 10.6 Å². The van der Waals surface area contributed by atoms with Crippen molar-refractivity contribution in [1.29, 1.82) is 0 Å². The van der Waals surface area contributed by atoms with E-state index in [1.165, 1.54) is 11.1 Å². The Hall–Kier alpha value is -1.00. The van der Waals surface area contributed by atoms with Gasteiger partial charge in [-0.05, 0) is 51.3 Å². The molecule has 0 heterocycles. The summed E-state index contributed by atoms with van der Waals surface area (Å²) in [7, 11) is 0. The molecule has 0 aromatic heterocycles. The Balaban J connectivity index is 2.13. The molecule has 0 bridgehead atoms. The van der Waals surface area contributed by atoms with E-state index in [1.54, 1.807) is 0 Å². The molecule has 1 amide bonds. The van der Waals surface area contributed by atoms with Gasteiger partial charge in [-0.25, -0.2) is 0 Å². The summed E-state index contributed by atoms with van der Waals surface area (Å²) in [6.45, 7) is 8.09. The standard InChI is InChI=1S/C17H28N2OS/c1-17(2,3)19-12-4-11-18-16(20)10-9-14-5-7-15(13-21)8-6-14/h5-8,19,21H,4,9-13H2,1-3H3,(H,18,20). The molecule has 0 radical (unpaired) electrons. The van der Waals surface area contributed by atoms with Gasteiger partial charge in [0.25, 0.3) is 0 Å². The smallest absolute Gasteiger partial charge is 0.220 e. The van der Waals surface area contributed by atoms with Gasteiger partial charge >= 0.3 is 0 Å². The van der Waals surface area contributed by atoms with E-state index < -0.39 is 0 Å². The van der Waals surface area contributed by atoms with Gasteiger partial charge in [0.1, 0.15) is 0 Å². The molecular formula is C17H28N2OS. The number of hydrogen-bond donors (Lipinski definition) is 3. The molecule has 0 fully saturated rings. The van der Waals surface area contributed by atoms with Gasteiger partial charge in [-0.1, -0.05) is 24.3 Å². The van der Waals surface area contributed by atoms with Gasteiger partial charge < -0.3 is 10.6 Å². The number of amides is 1. The Kier molecular flexibility index (Phi) is 7.83. The molecule has 0 saturated carbocycles. The zero-order valence-corrected chi connectivity index (χ0v) is 14.3. The van der Waals surface area contributed by atoms with Gasteiger partial charge in [0.05, 0.1) is 0 Å². The van der Waals surface area contributed by atoms with E-state index in [1.807, 2.05) is 0 Å². The third kappa shape index (κ3) is 8.79. The van der Waals surface area contributed by atoms with Crippen molar-refractivity contribution >= 4 is 18.5 Å². The number of benzene rings is 1. The molecule has 1 aromatic carbocycles. The van der Waals surface area contributed by atoms with Crippen molar-refractivity contribution in [3.8, 4) is 0 Å². The molecule has 1 aromatic rings. The van der Waals surface area contributed by atoms with Gasteiger partial charge in [0.2, 0.25) is 5.91 Å². The fourth-order valence-corrected chi connectivity index (χ4v) is 2.15. The van der Waals surface area contributed by atoms with Crippen molar-refractivity contribution in [2.45, 2.75) is 51.3 Å². The van der Waals surface area contributed by atoms with Crippen molar-refractivity contribution in [2.24, 2.45) is 0 Å². The molecule has 0 atom stereocenters. The lowest BCUT2D eigenvalue weighted by molar-refractivity contribution is -0.121. The molecule has 0 unspecified atom stereocenters. The first kappa shape index (κ1) is 18.1. The van der Waals surface area contributed by atoms with Crippen molar-refractivity contribution < 1.29 is 4.79 Å². The van der Waals surface area contributed by atoms with Crippen LogP contribution in [0.1, 0.15) is 44.7 Å². The normalized spacial score (nSPS) is 11.4. The first-order chi connectivity index (χ1) is 9.90. The van der Waals surface area contributed by atoms with E-state index >= 15 is 0 Å². The predicted molar refractivity (Wildman–Crippen MR) is 92.8 cm³/mol. The number of carbonyl (C=O) groups excluding carboxylic acids is 1. The lowest BCUT2D eigenvalue weighted by Crippen LogP contribution is -2.37. The summed E-state index contributed by atoms with van der Waals surface area (Å²) in [6, 6.07) is 8.29. The number of thiol groups is 1. The summed E-state index contributed by atoms with van der Waals surface area (Å²) in [6.07, 6.45) is 2.30. The highest BCUT2D eigenvalue weighted by atomic mass is 32.1. The summed E-state index contributed by atoms with van der Waals surface area (Å²) < 4.78 is 0. The molecule has 21 heavy (non-hydrogen) atoms. The molecule has 0 aliphatic rings. The van der Waals surface area contributed by atoms with Crippen molar-refractivity contribution in [3.05, 3.63) is 35.4 Å². The minimum Gasteiger partial charge on any atom is -0.356 e. The van der Waals surface area contributed by atoms with Crippen LogP contribution in [0.4, 0.5) is 0 Å². The van der Waals surface area contributed by atoms with Gasteiger partial charge in [0.15, 0.2) is 0 Å². The Labute approximate surface area is 134 Å². The Bertz CT molecular complexity index is 423. The SMILES string of the molecule is CC(C)(C)NCCCNC(=O)CCc1ccc(CS)cc1. The highest BCUT2D eigenvalue weighted by Gasteiger charge is 2.07. The van der Waals surface area contributed by atoms with Gasteiger partial charge in [-0.3, -0.25) is 4.79 Å². The lowest BCUT2D eigenvalue weighted by atomic mass is 10.1. The van der Waals surface area contributed by atoms with Crippen LogP contribution in [0, 0.1) is 0 Å². The largest absolute Gasteiger partial charge is 0.356 e. The number of nitrogens with one attached hydrogen (secondary N) is 2. The topological polar surface area (TPSA) is 41.1 Å². The molecule has 0 saturated heterocycles. The number of hydrogen-bond acceptors (Lipinski definition) is 3. The van der Waals surface area contributed by atoms with E-state index in [0.29, 0.717) is 6.42 Å². The van der Waals surface area contributed by atoms with Crippen LogP contribution in [-0.2, 0) is 17.0 Å². The molecular weight excluding hydrogens is 280 g/mol. The predicted octanol–water partition coefficient (Wildman–Crippen LogP) is 2.94. The Morgan fingerprint density at radius 1 is 1.10 bits per heavy atom. The maximum absolute atomic E-state index is 11.8. The van der Waals surface area contributed by atoms with Crippen LogP contribution in [-0.4, -0.2) is 24.5 Å². The summed E-state index contributed by atoms with van der Waals surface area (Å²) in [5.74, 6) is 0.882. The van der Waals surface area contributed by atoms with Gasteiger partial charge in [0, 0.05) is 24.3 Å². The van der Waals surface area contributed by atoms with Crippen LogP contribution in [0.3, 0.4) is 0 Å². The second-order valence-electron chi connectivity index (χ2n) is 6.35. The second kappa shape index (κ2) is 9.11. The maximum atomic E-state index is 11.8. The first-order valence-electron chi connectivity index (χ1n) is 7.61. The molecule has 1 rings (SSSR count). The van der Waals surface area contributed by atoms with E-state index in [0.717, 1.165) is 31.7 Å². The lowest BCUT2D eigenvalue weighted by Gasteiger charge is -2.20. The zero-order valence-electron chi connectivity index (χ0n) is 13.4. The third-order valence-corrected chi connectivity index (χ3v) is 3.54. The summed E-state index contributed by atoms with van der Waals surface area (Å²) in [5, 5.41) is 6.38.